The van der Waals surface area contributed by atoms with Crippen molar-refractivity contribution < 1.29 is 23.7 Å². The van der Waals surface area contributed by atoms with Crippen LogP contribution in [0.4, 0.5) is 0 Å². The number of carbonyl (C=O) groups is 1. The van der Waals surface area contributed by atoms with E-state index in [0.29, 0.717) is 29.5 Å². The zero-order valence-electron chi connectivity index (χ0n) is 17.4. The minimum Gasteiger partial charge on any atom is -0.497 e. The molecule has 30 heavy (non-hydrogen) atoms. The monoisotopic (exact) mass is 428 g/mol. The Morgan fingerprint density at radius 2 is 1.83 bits per heavy atom. The van der Waals surface area contributed by atoms with Crippen LogP contribution in [-0.4, -0.2) is 45.5 Å². The lowest BCUT2D eigenvalue weighted by Crippen LogP contribution is -2.18. The maximum atomic E-state index is 12.5. The second kappa shape index (κ2) is 10.1. The normalized spacial score (nSPS) is 11.9. The van der Waals surface area contributed by atoms with Gasteiger partial charge in [0, 0.05) is 19.7 Å². The van der Waals surface area contributed by atoms with Gasteiger partial charge in [0.15, 0.2) is 16.3 Å². The maximum absolute atomic E-state index is 12.5. The third-order valence-corrected chi connectivity index (χ3v) is 5.48. The first-order valence-electron chi connectivity index (χ1n) is 9.24. The molecule has 1 heterocycles. The van der Waals surface area contributed by atoms with E-state index in [1.165, 1.54) is 17.4 Å². The fourth-order valence-corrected chi connectivity index (χ4v) is 4.01. The molecule has 0 radical (unpaired) electrons. The summed E-state index contributed by atoms with van der Waals surface area (Å²) >= 11 is 1.43. The number of amides is 1. The van der Waals surface area contributed by atoms with Crippen molar-refractivity contribution in [3.8, 4) is 17.2 Å². The van der Waals surface area contributed by atoms with Crippen molar-refractivity contribution in [3.05, 3.63) is 52.8 Å². The van der Waals surface area contributed by atoms with Gasteiger partial charge in [0.05, 0.1) is 38.2 Å². The molecule has 0 unspecified atom stereocenters. The van der Waals surface area contributed by atoms with Gasteiger partial charge < -0.3 is 23.5 Å². The molecule has 0 aliphatic heterocycles. The van der Waals surface area contributed by atoms with E-state index in [9.17, 15) is 4.79 Å². The molecule has 0 saturated carbocycles. The predicted octanol–water partition coefficient (Wildman–Crippen LogP) is 3.52. The number of thiazole rings is 1. The fraction of sp³-hybridized carbons (Fsp3) is 0.273. The number of aromatic nitrogens is 1. The zero-order valence-corrected chi connectivity index (χ0v) is 18.2. The zero-order chi connectivity index (χ0) is 21.5. The molecule has 8 heteroatoms. The SMILES string of the molecule is COCCn1c(=NC(=O)/C=C\c2ccc(OC)c(OC)c2)sc2cc(OC)ccc21. The molecular weight excluding hydrogens is 404 g/mol. The van der Waals surface area contributed by atoms with Gasteiger partial charge >= 0.3 is 0 Å². The number of rotatable bonds is 8. The van der Waals surface area contributed by atoms with Crippen LogP contribution in [0.5, 0.6) is 17.2 Å². The van der Waals surface area contributed by atoms with Crippen LogP contribution >= 0.6 is 11.3 Å². The number of methoxy groups -OCH3 is 4. The van der Waals surface area contributed by atoms with E-state index in [0.717, 1.165) is 21.5 Å². The molecule has 1 amide bonds. The Kier molecular flexibility index (Phi) is 7.26. The van der Waals surface area contributed by atoms with Crippen molar-refractivity contribution in [2.75, 3.05) is 35.0 Å². The molecule has 158 valence electrons. The van der Waals surface area contributed by atoms with Gasteiger partial charge in [0.25, 0.3) is 5.91 Å². The number of hydrogen-bond donors (Lipinski definition) is 0. The molecule has 7 nitrogen and oxygen atoms in total. The Hall–Kier alpha value is -3.10. The van der Waals surface area contributed by atoms with Crippen molar-refractivity contribution in [1.82, 2.24) is 4.57 Å². The van der Waals surface area contributed by atoms with Crippen LogP contribution < -0.4 is 19.0 Å². The Balaban J connectivity index is 1.93. The van der Waals surface area contributed by atoms with Gasteiger partial charge in [-0.25, -0.2) is 0 Å². The summed E-state index contributed by atoms with van der Waals surface area (Å²) in [7, 11) is 6.42. The molecule has 0 fully saturated rings. The first-order valence-corrected chi connectivity index (χ1v) is 10.1. The molecule has 0 spiro atoms. The molecule has 3 aromatic rings. The second-order valence-corrected chi connectivity index (χ2v) is 7.27. The molecule has 0 bridgehead atoms. The van der Waals surface area contributed by atoms with E-state index in [2.05, 4.69) is 4.99 Å². The van der Waals surface area contributed by atoms with E-state index in [-0.39, 0.29) is 5.91 Å². The third kappa shape index (κ3) is 4.90. The highest BCUT2D eigenvalue weighted by atomic mass is 32.1. The summed E-state index contributed by atoms with van der Waals surface area (Å²) in [6.45, 7) is 1.11. The Bertz CT molecular complexity index is 1130. The van der Waals surface area contributed by atoms with E-state index in [4.69, 9.17) is 18.9 Å². The van der Waals surface area contributed by atoms with Crippen molar-refractivity contribution >= 4 is 33.5 Å². The summed E-state index contributed by atoms with van der Waals surface area (Å²) in [5.41, 5.74) is 1.79. The number of carbonyl (C=O) groups excluding carboxylic acids is 1. The van der Waals surface area contributed by atoms with Crippen molar-refractivity contribution in [3.63, 3.8) is 0 Å². The summed E-state index contributed by atoms with van der Waals surface area (Å²) in [5, 5.41) is 0. The summed E-state index contributed by atoms with van der Waals surface area (Å²) < 4.78 is 24.0. The van der Waals surface area contributed by atoms with Gasteiger partial charge in [-0.05, 0) is 42.0 Å². The molecule has 1 aromatic heterocycles. The highest BCUT2D eigenvalue weighted by Crippen LogP contribution is 2.28. The third-order valence-electron chi connectivity index (χ3n) is 4.44. The second-order valence-electron chi connectivity index (χ2n) is 6.26. The number of fused-ring (bicyclic) bond motifs is 1. The maximum Gasteiger partial charge on any atom is 0.272 e. The van der Waals surface area contributed by atoms with Crippen LogP contribution in [-0.2, 0) is 16.1 Å². The number of hydrogen-bond acceptors (Lipinski definition) is 6. The summed E-state index contributed by atoms with van der Waals surface area (Å²) in [6, 6.07) is 11.2. The minimum absolute atomic E-state index is 0.352. The first kappa shape index (κ1) is 21.6. The predicted molar refractivity (Wildman–Crippen MR) is 117 cm³/mol. The van der Waals surface area contributed by atoms with Crippen molar-refractivity contribution in [1.29, 1.82) is 0 Å². The summed E-state index contributed by atoms with van der Waals surface area (Å²) in [4.78, 5) is 17.4. The topological polar surface area (TPSA) is 71.3 Å². The van der Waals surface area contributed by atoms with Crippen LogP contribution in [0.1, 0.15) is 5.56 Å². The first-order chi connectivity index (χ1) is 14.6. The highest BCUT2D eigenvalue weighted by molar-refractivity contribution is 7.16. The van der Waals surface area contributed by atoms with Crippen LogP contribution in [0.3, 0.4) is 0 Å². The Labute approximate surface area is 178 Å². The number of nitrogens with zero attached hydrogens (tertiary/aromatic N) is 2. The van der Waals surface area contributed by atoms with Gasteiger partial charge in [-0.2, -0.15) is 4.99 Å². The molecular formula is C22H24N2O5S. The highest BCUT2D eigenvalue weighted by Gasteiger charge is 2.09. The van der Waals surface area contributed by atoms with Crippen molar-refractivity contribution in [2.24, 2.45) is 4.99 Å². The van der Waals surface area contributed by atoms with Gasteiger partial charge in [-0.15, -0.1) is 0 Å². The fourth-order valence-electron chi connectivity index (χ4n) is 2.92. The van der Waals surface area contributed by atoms with Gasteiger partial charge in [0.2, 0.25) is 0 Å². The van der Waals surface area contributed by atoms with Crippen molar-refractivity contribution in [2.45, 2.75) is 6.54 Å². The van der Waals surface area contributed by atoms with E-state index < -0.39 is 0 Å². The summed E-state index contributed by atoms with van der Waals surface area (Å²) in [6.07, 6.45) is 3.14. The van der Waals surface area contributed by atoms with Crippen LogP contribution in [0.2, 0.25) is 0 Å². The number of ether oxygens (including phenoxy) is 4. The van der Waals surface area contributed by atoms with E-state index in [1.807, 2.05) is 28.8 Å². The molecule has 3 rings (SSSR count). The minimum atomic E-state index is -0.352. The molecule has 0 N–H and O–H groups in total. The van der Waals surface area contributed by atoms with E-state index in [1.54, 1.807) is 46.6 Å². The van der Waals surface area contributed by atoms with E-state index >= 15 is 0 Å². The van der Waals surface area contributed by atoms with Crippen LogP contribution in [0.25, 0.3) is 16.3 Å². The van der Waals surface area contributed by atoms with Gasteiger partial charge in [-0.1, -0.05) is 17.4 Å². The standard InChI is InChI=1S/C22H24N2O5S/c1-26-12-11-24-17-8-7-16(27-2)14-20(17)30-22(24)23-21(25)10-6-15-5-9-18(28-3)19(13-15)29-4/h5-10,13-14H,11-12H2,1-4H3/b10-6-,23-22?. The molecule has 0 aliphatic carbocycles. The average molecular weight is 429 g/mol. The smallest absolute Gasteiger partial charge is 0.272 e. The lowest BCUT2D eigenvalue weighted by Gasteiger charge is -2.07. The Morgan fingerprint density at radius 1 is 1.03 bits per heavy atom. The largest absolute Gasteiger partial charge is 0.497 e. The van der Waals surface area contributed by atoms with Crippen LogP contribution in [0, 0.1) is 0 Å². The van der Waals surface area contributed by atoms with Gasteiger partial charge in [0.1, 0.15) is 5.75 Å². The lowest BCUT2D eigenvalue weighted by atomic mass is 10.2. The van der Waals surface area contributed by atoms with Crippen LogP contribution in [0.15, 0.2) is 47.5 Å². The Morgan fingerprint density at radius 3 is 2.53 bits per heavy atom. The van der Waals surface area contributed by atoms with Gasteiger partial charge in [-0.3, -0.25) is 4.79 Å². The molecule has 0 atom stereocenters. The molecule has 0 saturated heterocycles. The molecule has 2 aromatic carbocycles. The summed E-state index contributed by atoms with van der Waals surface area (Å²) in [5.74, 6) is 1.63. The lowest BCUT2D eigenvalue weighted by molar-refractivity contribution is -0.113. The quantitative estimate of drug-likeness (QED) is 0.514. The number of benzene rings is 2. The molecule has 0 aliphatic rings. The average Bonchev–Trinajstić information content (AvgIpc) is 3.11.